The molecule has 5 nitrogen and oxygen atoms in total. The lowest BCUT2D eigenvalue weighted by Crippen LogP contribution is -2.34. The first-order valence-corrected chi connectivity index (χ1v) is 6.67. The highest BCUT2D eigenvalue weighted by Gasteiger charge is 2.15. The monoisotopic (exact) mass is 281 g/mol. The van der Waals surface area contributed by atoms with E-state index in [1.165, 1.54) is 0 Å². The summed E-state index contributed by atoms with van der Waals surface area (Å²) in [5.74, 6) is -0.379. The first-order valence-electron chi connectivity index (χ1n) is 6.67. The Hall–Kier alpha value is -2.66. The minimum atomic E-state index is -0.664. The zero-order valence-electron chi connectivity index (χ0n) is 11.5. The molecule has 5 heteroatoms. The van der Waals surface area contributed by atoms with Crippen molar-refractivity contribution in [3.8, 4) is 11.3 Å². The number of aromatic nitrogens is 1. The minimum absolute atomic E-state index is 0.219. The van der Waals surface area contributed by atoms with Crippen LogP contribution in [0.5, 0.6) is 0 Å². The number of hydrogen-bond donors (Lipinski definition) is 3. The van der Waals surface area contributed by atoms with Gasteiger partial charge < -0.3 is 16.0 Å². The number of pyridine rings is 1. The normalized spacial score (nSPS) is 12.5. The van der Waals surface area contributed by atoms with Gasteiger partial charge in [-0.25, -0.2) is 0 Å². The lowest BCUT2D eigenvalue weighted by atomic mass is 10.0. The topological polar surface area (TPSA) is 88.0 Å². The summed E-state index contributed by atoms with van der Waals surface area (Å²) in [7, 11) is 0. The molecular formula is C16H15N3O2. The van der Waals surface area contributed by atoms with E-state index in [0.29, 0.717) is 5.56 Å². The Morgan fingerprint density at radius 1 is 1.24 bits per heavy atom. The zero-order chi connectivity index (χ0) is 15.0. The van der Waals surface area contributed by atoms with Crippen molar-refractivity contribution in [2.24, 2.45) is 5.73 Å². The van der Waals surface area contributed by atoms with Gasteiger partial charge in [0.05, 0.1) is 11.7 Å². The maximum absolute atomic E-state index is 12.5. The van der Waals surface area contributed by atoms with E-state index in [4.69, 9.17) is 5.73 Å². The first-order chi connectivity index (χ1) is 10.1. The molecule has 1 aliphatic heterocycles. The zero-order valence-corrected chi connectivity index (χ0v) is 11.5. The van der Waals surface area contributed by atoms with Crippen LogP contribution in [0.4, 0.5) is 5.69 Å². The molecule has 21 heavy (non-hydrogen) atoms. The number of nitrogens with one attached hydrogen (secondary N) is 2. The van der Waals surface area contributed by atoms with Crippen molar-refractivity contribution >= 4 is 22.5 Å². The van der Waals surface area contributed by atoms with Crippen molar-refractivity contribution in [2.75, 3.05) is 5.32 Å². The second-order valence-electron chi connectivity index (χ2n) is 5.04. The van der Waals surface area contributed by atoms with E-state index in [1.807, 2.05) is 30.3 Å². The average Bonchev–Trinajstić information content (AvgIpc) is 2.48. The van der Waals surface area contributed by atoms with E-state index in [2.05, 4.69) is 10.3 Å². The highest BCUT2D eigenvalue weighted by Crippen LogP contribution is 2.23. The maximum atomic E-state index is 12.5. The number of H-pyrrole nitrogens is 1. The fourth-order valence-corrected chi connectivity index (χ4v) is 2.23. The van der Waals surface area contributed by atoms with Gasteiger partial charge in [0.1, 0.15) is 0 Å². The quantitative estimate of drug-likeness (QED) is 0.627. The number of anilines is 1. The second kappa shape index (κ2) is 5.03. The molecule has 1 heterocycles. The third-order valence-electron chi connectivity index (χ3n) is 3.40. The Morgan fingerprint density at radius 2 is 2.00 bits per heavy atom. The van der Waals surface area contributed by atoms with Crippen LogP contribution in [-0.4, -0.2) is 16.9 Å². The number of carbonyl (C=O) groups is 1. The highest BCUT2D eigenvalue weighted by atomic mass is 16.2. The Morgan fingerprint density at radius 3 is 2.76 bits per heavy atom. The maximum Gasteiger partial charge on any atom is 0.241 e. The van der Waals surface area contributed by atoms with Crippen LogP contribution >= 0.6 is 0 Å². The molecule has 4 N–H and O–H groups in total. The van der Waals surface area contributed by atoms with Gasteiger partial charge in [0.15, 0.2) is 0 Å². The fraction of sp³-hybridized carbons (Fsp3) is 0.125. The second-order valence-corrected chi connectivity index (χ2v) is 5.04. The molecule has 1 aromatic rings. The molecule has 2 aliphatic rings. The minimum Gasteiger partial charge on any atom is -0.354 e. The molecule has 1 amide bonds. The molecular weight excluding hydrogens is 266 g/mol. The van der Waals surface area contributed by atoms with Crippen LogP contribution in [0, 0.1) is 0 Å². The first kappa shape index (κ1) is 13.3. The Labute approximate surface area is 121 Å². The summed E-state index contributed by atoms with van der Waals surface area (Å²) in [4.78, 5) is 27.3. The van der Waals surface area contributed by atoms with Crippen LogP contribution in [0.2, 0.25) is 0 Å². The third-order valence-corrected chi connectivity index (χ3v) is 3.40. The molecule has 0 radical (unpaired) electrons. The number of rotatable bonds is 2. The summed E-state index contributed by atoms with van der Waals surface area (Å²) in [5.41, 5.74) is 7.75. The largest absolute Gasteiger partial charge is 0.354 e. The number of aromatic amines is 1. The van der Waals surface area contributed by atoms with Gasteiger partial charge >= 0.3 is 0 Å². The van der Waals surface area contributed by atoms with Crippen LogP contribution in [0.25, 0.3) is 22.2 Å². The molecule has 1 aromatic carbocycles. The lowest BCUT2D eigenvalue weighted by molar-refractivity contribution is -0.117. The molecule has 1 atom stereocenters. The number of carbonyl (C=O) groups excluding carboxylic acids is 1. The summed E-state index contributed by atoms with van der Waals surface area (Å²) in [5, 5.41) is 3.50. The van der Waals surface area contributed by atoms with E-state index in [1.54, 1.807) is 19.1 Å². The van der Waals surface area contributed by atoms with Crippen molar-refractivity contribution in [1.82, 2.24) is 4.98 Å². The number of fused-ring (bicyclic) bond motifs is 2. The molecule has 0 saturated heterocycles. The van der Waals surface area contributed by atoms with Gasteiger partial charge in [-0.1, -0.05) is 18.2 Å². The number of benzene rings is 2. The number of hydrogen-bond acceptors (Lipinski definition) is 3. The van der Waals surface area contributed by atoms with Gasteiger partial charge in [-0.2, -0.15) is 0 Å². The predicted octanol–water partition coefficient (Wildman–Crippen LogP) is 1.92. The van der Waals surface area contributed by atoms with Gasteiger partial charge in [0.25, 0.3) is 0 Å². The van der Waals surface area contributed by atoms with E-state index < -0.39 is 6.04 Å². The fourth-order valence-electron chi connectivity index (χ4n) is 2.23. The SMILES string of the molecule is C[C@H](N)C(=O)Nc1ccc2[nH]c3ccccc3cc-2c1=O. The third kappa shape index (κ3) is 2.39. The van der Waals surface area contributed by atoms with Crippen molar-refractivity contribution in [1.29, 1.82) is 0 Å². The Bertz CT molecular complexity index is 852. The summed E-state index contributed by atoms with van der Waals surface area (Å²) in [6.45, 7) is 1.57. The van der Waals surface area contributed by atoms with Crippen molar-refractivity contribution in [2.45, 2.75) is 13.0 Å². The smallest absolute Gasteiger partial charge is 0.241 e. The molecule has 106 valence electrons. The van der Waals surface area contributed by atoms with Gasteiger partial charge in [-0.15, -0.1) is 0 Å². The van der Waals surface area contributed by atoms with Crippen LogP contribution in [-0.2, 0) is 4.79 Å². The lowest BCUT2D eigenvalue weighted by Gasteiger charge is -2.11. The van der Waals surface area contributed by atoms with E-state index in [0.717, 1.165) is 16.6 Å². The van der Waals surface area contributed by atoms with Crippen LogP contribution in [0.1, 0.15) is 6.92 Å². The molecule has 0 spiro atoms. The van der Waals surface area contributed by atoms with Gasteiger partial charge in [-0.05, 0) is 36.6 Å². The van der Waals surface area contributed by atoms with Gasteiger partial charge in [0.2, 0.25) is 11.3 Å². The molecule has 0 bridgehead atoms. The van der Waals surface area contributed by atoms with E-state index >= 15 is 0 Å². The number of amides is 1. The molecule has 0 unspecified atom stereocenters. The van der Waals surface area contributed by atoms with Crippen LogP contribution < -0.4 is 16.5 Å². The van der Waals surface area contributed by atoms with E-state index in [-0.39, 0.29) is 17.0 Å². The highest BCUT2D eigenvalue weighted by molar-refractivity contribution is 5.95. The molecule has 3 rings (SSSR count). The molecule has 0 saturated carbocycles. The van der Waals surface area contributed by atoms with Crippen molar-refractivity contribution in [3.05, 3.63) is 52.7 Å². The average molecular weight is 281 g/mol. The molecule has 1 aliphatic carbocycles. The van der Waals surface area contributed by atoms with Gasteiger partial charge in [-0.3, -0.25) is 9.59 Å². The molecule has 0 fully saturated rings. The van der Waals surface area contributed by atoms with Crippen LogP contribution in [0.15, 0.2) is 47.3 Å². The van der Waals surface area contributed by atoms with Crippen molar-refractivity contribution in [3.63, 3.8) is 0 Å². The molecule has 0 aromatic heterocycles. The Balaban J connectivity index is 2.16. The van der Waals surface area contributed by atoms with E-state index in [9.17, 15) is 9.59 Å². The van der Waals surface area contributed by atoms with Crippen molar-refractivity contribution < 1.29 is 4.79 Å². The summed E-state index contributed by atoms with van der Waals surface area (Å²) < 4.78 is 0. The number of nitrogens with two attached hydrogens (primary N) is 1. The number of para-hydroxylation sites is 1. The summed E-state index contributed by atoms with van der Waals surface area (Å²) in [6.07, 6.45) is 0. The standard InChI is InChI=1S/C16H15N3O2/c1-9(17)16(21)19-14-7-6-13-11(15(14)20)8-10-4-2-3-5-12(10)18-13/h2-9,18H,17H2,1H3,(H,19,21)/t9-/m0/s1. The Kier molecular flexibility index (Phi) is 3.19. The van der Waals surface area contributed by atoms with Crippen LogP contribution in [0.3, 0.4) is 0 Å². The summed E-state index contributed by atoms with van der Waals surface area (Å²) in [6, 6.07) is 12.3. The van der Waals surface area contributed by atoms with Gasteiger partial charge in [0, 0.05) is 16.8 Å². The predicted molar refractivity (Wildman–Crippen MR) is 83.5 cm³/mol. The summed E-state index contributed by atoms with van der Waals surface area (Å²) >= 11 is 0.